The minimum Gasteiger partial charge on any atom is -0.352 e. The van der Waals surface area contributed by atoms with Crippen LogP contribution in [0.3, 0.4) is 0 Å². The summed E-state index contributed by atoms with van der Waals surface area (Å²) in [6.07, 6.45) is 0.951. The minimum absolute atomic E-state index is 0.0637. The predicted octanol–water partition coefficient (Wildman–Crippen LogP) is 4.52. The number of carbonyl (C=O) groups is 1. The lowest BCUT2D eigenvalue weighted by molar-refractivity contribution is -0.137. The van der Waals surface area contributed by atoms with Gasteiger partial charge in [0.1, 0.15) is 5.82 Å². The first-order valence-electron chi connectivity index (χ1n) is 10.4. The van der Waals surface area contributed by atoms with E-state index in [1.165, 1.54) is 12.3 Å². The largest absolute Gasteiger partial charge is 0.419 e. The van der Waals surface area contributed by atoms with Gasteiger partial charge in [-0.15, -0.1) is 0 Å². The van der Waals surface area contributed by atoms with Crippen molar-refractivity contribution in [2.24, 2.45) is 23.5 Å². The third kappa shape index (κ3) is 4.31. The van der Waals surface area contributed by atoms with Crippen molar-refractivity contribution in [1.82, 2.24) is 9.88 Å². The number of piperazine rings is 1. The van der Waals surface area contributed by atoms with E-state index in [1.807, 2.05) is 6.92 Å². The van der Waals surface area contributed by atoms with Gasteiger partial charge in [0.25, 0.3) is 0 Å². The van der Waals surface area contributed by atoms with Crippen LogP contribution in [0.2, 0.25) is 0 Å². The van der Waals surface area contributed by atoms with Gasteiger partial charge in [-0.25, -0.2) is 9.78 Å². The maximum Gasteiger partial charge on any atom is 0.419 e. The van der Waals surface area contributed by atoms with E-state index in [9.17, 15) is 18.0 Å². The van der Waals surface area contributed by atoms with Crippen molar-refractivity contribution in [3.05, 3.63) is 23.9 Å². The van der Waals surface area contributed by atoms with Crippen molar-refractivity contribution in [2.45, 2.75) is 58.2 Å². The van der Waals surface area contributed by atoms with Crippen LogP contribution in [0.5, 0.6) is 0 Å². The minimum atomic E-state index is -4.48. The monoisotopic (exact) mass is 412 g/mol. The molecule has 0 bridgehead atoms. The standard InChI is InChI=1S/C21H31F3N4O/c1-14(2)15-6-8-16(9-7-15)20(3)13-27(11-12-28(20)19(25)29)18-17(21(22,23)24)5-4-10-26-18/h4-5,10,14-16H,6-9,11-13H2,1-3H3,(H2,25,29). The summed E-state index contributed by atoms with van der Waals surface area (Å²) in [6.45, 7) is 7.30. The number of hydrogen-bond donors (Lipinski definition) is 1. The Hall–Kier alpha value is -1.99. The average Bonchev–Trinajstić information content (AvgIpc) is 2.67. The quantitative estimate of drug-likeness (QED) is 0.794. The predicted molar refractivity (Wildman–Crippen MR) is 106 cm³/mol. The fraction of sp³-hybridized carbons (Fsp3) is 0.714. The Morgan fingerprint density at radius 1 is 1.24 bits per heavy atom. The maximum absolute atomic E-state index is 13.5. The van der Waals surface area contributed by atoms with Gasteiger partial charge in [-0.3, -0.25) is 0 Å². The number of carbonyl (C=O) groups excluding carboxylic acids is 1. The molecule has 1 saturated heterocycles. The molecule has 2 amide bonds. The Bertz CT molecular complexity index is 731. The van der Waals surface area contributed by atoms with E-state index in [0.717, 1.165) is 31.7 Å². The fourth-order valence-corrected chi connectivity index (χ4v) is 5.20. The Morgan fingerprint density at radius 3 is 2.45 bits per heavy atom. The molecule has 2 N–H and O–H groups in total. The van der Waals surface area contributed by atoms with Gasteiger partial charge in [-0.05, 0) is 62.5 Å². The molecule has 5 nitrogen and oxygen atoms in total. The van der Waals surface area contributed by atoms with Gasteiger partial charge < -0.3 is 15.5 Å². The Kier molecular flexibility index (Phi) is 6.01. The van der Waals surface area contributed by atoms with E-state index < -0.39 is 23.3 Å². The molecule has 8 heteroatoms. The van der Waals surface area contributed by atoms with Crippen LogP contribution in [0, 0.1) is 17.8 Å². The van der Waals surface area contributed by atoms with Crippen molar-refractivity contribution in [2.75, 3.05) is 24.5 Å². The molecule has 2 fully saturated rings. The van der Waals surface area contributed by atoms with Crippen LogP contribution >= 0.6 is 0 Å². The van der Waals surface area contributed by atoms with Crippen LogP contribution in [-0.4, -0.2) is 41.1 Å². The second kappa shape index (κ2) is 8.03. The molecule has 1 aromatic rings. The summed E-state index contributed by atoms with van der Waals surface area (Å²) in [5.74, 6) is 1.41. The van der Waals surface area contributed by atoms with Gasteiger partial charge in [0.2, 0.25) is 0 Å². The summed E-state index contributed by atoms with van der Waals surface area (Å²) in [7, 11) is 0. The van der Waals surface area contributed by atoms with Gasteiger partial charge in [0.15, 0.2) is 0 Å². The van der Waals surface area contributed by atoms with Crippen LogP contribution in [0.4, 0.5) is 23.8 Å². The molecular formula is C21H31F3N4O. The highest BCUT2D eigenvalue weighted by Crippen LogP contribution is 2.44. The van der Waals surface area contributed by atoms with E-state index in [1.54, 1.807) is 9.80 Å². The molecular weight excluding hydrogens is 381 g/mol. The van der Waals surface area contributed by atoms with Gasteiger partial charge in [0.05, 0.1) is 11.1 Å². The number of alkyl halides is 3. The number of primary amides is 1. The first-order valence-corrected chi connectivity index (χ1v) is 10.4. The van der Waals surface area contributed by atoms with Crippen LogP contribution < -0.4 is 10.6 Å². The molecule has 1 unspecified atom stereocenters. The number of aromatic nitrogens is 1. The summed E-state index contributed by atoms with van der Waals surface area (Å²) >= 11 is 0. The molecule has 2 heterocycles. The molecule has 0 spiro atoms. The molecule has 162 valence electrons. The zero-order valence-corrected chi connectivity index (χ0v) is 17.4. The molecule has 1 saturated carbocycles. The normalized spacial score (nSPS) is 28.7. The Morgan fingerprint density at radius 2 is 1.90 bits per heavy atom. The Labute approximate surface area is 170 Å². The van der Waals surface area contributed by atoms with E-state index >= 15 is 0 Å². The summed E-state index contributed by atoms with van der Waals surface area (Å²) in [6, 6.07) is 1.86. The first-order chi connectivity index (χ1) is 13.5. The molecule has 1 aromatic heterocycles. The molecule has 3 rings (SSSR count). The maximum atomic E-state index is 13.5. The highest BCUT2D eigenvalue weighted by molar-refractivity contribution is 5.73. The first kappa shape index (κ1) is 21.7. The van der Waals surface area contributed by atoms with Crippen LogP contribution in [0.1, 0.15) is 52.0 Å². The smallest absolute Gasteiger partial charge is 0.352 e. The highest BCUT2D eigenvalue weighted by atomic mass is 19.4. The number of pyridine rings is 1. The number of urea groups is 1. The number of rotatable bonds is 3. The van der Waals surface area contributed by atoms with Gasteiger partial charge in [-0.1, -0.05) is 13.8 Å². The third-order valence-electron chi connectivity index (χ3n) is 6.97. The summed E-state index contributed by atoms with van der Waals surface area (Å²) in [5.41, 5.74) is 4.32. The topological polar surface area (TPSA) is 62.5 Å². The number of nitrogens with two attached hydrogens (primary N) is 1. The highest BCUT2D eigenvalue weighted by Gasteiger charge is 2.48. The molecule has 1 atom stereocenters. The second-order valence-corrected chi connectivity index (χ2v) is 9.00. The van der Waals surface area contributed by atoms with Crippen LogP contribution in [0.15, 0.2) is 18.3 Å². The molecule has 0 radical (unpaired) electrons. The fourth-order valence-electron chi connectivity index (χ4n) is 5.20. The van der Waals surface area contributed by atoms with Crippen LogP contribution in [0.25, 0.3) is 0 Å². The summed E-state index contributed by atoms with van der Waals surface area (Å²) in [5, 5.41) is 0. The third-order valence-corrected chi connectivity index (χ3v) is 6.97. The molecule has 2 aliphatic rings. The van der Waals surface area contributed by atoms with E-state index in [0.29, 0.717) is 24.9 Å². The van der Waals surface area contributed by atoms with E-state index in [4.69, 9.17) is 5.73 Å². The van der Waals surface area contributed by atoms with Crippen molar-refractivity contribution in [1.29, 1.82) is 0 Å². The second-order valence-electron chi connectivity index (χ2n) is 9.00. The average molecular weight is 413 g/mol. The molecule has 0 aromatic carbocycles. The van der Waals surface area contributed by atoms with E-state index in [2.05, 4.69) is 18.8 Å². The summed E-state index contributed by atoms with van der Waals surface area (Å²) < 4.78 is 40.6. The van der Waals surface area contributed by atoms with Gasteiger partial charge in [-0.2, -0.15) is 13.2 Å². The van der Waals surface area contributed by atoms with Crippen molar-refractivity contribution >= 4 is 11.8 Å². The number of nitrogens with zero attached hydrogens (tertiary/aromatic N) is 3. The lowest BCUT2D eigenvalue weighted by atomic mass is 9.68. The number of amides is 2. The van der Waals surface area contributed by atoms with Gasteiger partial charge >= 0.3 is 12.2 Å². The van der Waals surface area contributed by atoms with Crippen molar-refractivity contribution in [3.8, 4) is 0 Å². The number of anilines is 1. The lowest BCUT2D eigenvalue weighted by Crippen LogP contribution is -2.67. The SMILES string of the molecule is CC(C)C1CCC(C2(C)CN(c3ncccc3C(F)(F)F)CCN2C(N)=O)CC1. The molecule has 1 aliphatic carbocycles. The molecule has 1 aliphatic heterocycles. The van der Waals surface area contributed by atoms with E-state index in [-0.39, 0.29) is 18.3 Å². The van der Waals surface area contributed by atoms with Gasteiger partial charge in [0, 0.05) is 25.8 Å². The number of hydrogen-bond acceptors (Lipinski definition) is 3. The summed E-state index contributed by atoms with van der Waals surface area (Å²) in [4.78, 5) is 19.6. The lowest BCUT2D eigenvalue weighted by Gasteiger charge is -2.54. The Balaban J connectivity index is 1.89. The van der Waals surface area contributed by atoms with Crippen molar-refractivity contribution in [3.63, 3.8) is 0 Å². The van der Waals surface area contributed by atoms with Crippen molar-refractivity contribution < 1.29 is 18.0 Å². The number of halogens is 3. The van der Waals surface area contributed by atoms with Crippen LogP contribution in [-0.2, 0) is 6.18 Å². The zero-order chi connectivity index (χ0) is 21.4. The molecule has 29 heavy (non-hydrogen) atoms. The zero-order valence-electron chi connectivity index (χ0n) is 17.4.